The Morgan fingerprint density at radius 1 is 1.13 bits per heavy atom. The molecule has 1 aliphatic carbocycles. The van der Waals surface area contributed by atoms with Gasteiger partial charge < -0.3 is 5.73 Å². The number of para-hydroxylation sites is 1. The van der Waals surface area contributed by atoms with Crippen LogP contribution in [0.2, 0.25) is 5.02 Å². The quantitative estimate of drug-likeness (QED) is 0.496. The molecule has 0 radical (unpaired) electrons. The van der Waals surface area contributed by atoms with Crippen LogP contribution in [0.25, 0.3) is 27.7 Å². The van der Waals surface area contributed by atoms with Crippen LogP contribution in [-0.4, -0.2) is 15.5 Å². The summed E-state index contributed by atoms with van der Waals surface area (Å²) in [5, 5.41) is 1.38. The lowest BCUT2D eigenvalue weighted by molar-refractivity contribution is 0.0999. The highest BCUT2D eigenvalue weighted by Gasteiger charge is 2.31. The van der Waals surface area contributed by atoms with Gasteiger partial charge in [-0.25, -0.2) is 9.78 Å². The molecule has 1 aliphatic rings. The first-order chi connectivity index (χ1) is 15.0. The Kier molecular flexibility index (Phi) is 4.63. The van der Waals surface area contributed by atoms with Crippen molar-refractivity contribution in [1.82, 2.24) is 9.55 Å². The van der Waals surface area contributed by atoms with Crippen molar-refractivity contribution in [3.8, 4) is 16.8 Å². The fraction of sp³-hybridized carbons (Fsp3) is 0.160. The number of carbonyl (C=O) groups excluding carboxylic acids is 1. The standard InChI is InChI=1S/C25H20ClN3O2/c1-14-4-2-3-5-20(14)29-21-11-8-16(12-17(21)13-28-25(29)31)23-19(26)10-9-18(24(27)30)22(23)15-6-7-15/h2-5,8-13,15H,6-7H2,1H3,(H2,27,30). The average molecular weight is 430 g/mol. The van der Waals surface area contributed by atoms with Crippen LogP contribution in [-0.2, 0) is 0 Å². The largest absolute Gasteiger partial charge is 0.366 e. The van der Waals surface area contributed by atoms with Crippen LogP contribution in [0.1, 0.15) is 40.2 Å². The van der Waals surface area contributed by atoms with Crippen molar-refractivity contribution in [2.75, 3.05) is 0 Å². The van der Waals surface area contributed by atoms with Crippen LogP contribution < -0.4 is 11.4 Å². The Balaban J connectivity index is 1.76. The highest BCUT2D eigenvalue weighted by molar-refractivity contribution is 6.34. The SMILES string of the molecule is Cc1ccccc1-n1c(=O)ncc2cc(-c3c(Cl)ccc(C(N)=O)c3C3CC3)ccc21. The first-order valence-corrected chi connectivity index (χ1v) is 10.5. The second-order valence-corrected chi connectivity index (χ2v) is 8.37. The molecule has 5 nitrogen and oxygen atoms in total. The summed E-state index contributed by atoms with van der Waals surface area (Å²) in [5.74, 6) is -0.165. The van der Waals surface area contributed by atoms with E-state index >= 15 is 0 Å². The second kappa shape index (κ2) is 7.36. The number of hydrogen-bond acceptors (Lipinski definition) is 3. The minimum absolute atomic E-state index is 0.283. The fourth-order valence-corrected chi connectivity index (χ4v) is 4.52. The molecule has 0 atom stereocenters. The highest BCUT2D eigenvalue weighted by Crippen LogP contribution is 2.48. The van der Waals surface area contributed by atoms with Crippen molar-refractivity contribution in [3.63, 3.8) is 0 Å². The third kappa shape index (κ3) is 3.31. The van der Waals surface area contributed by atoms with Crippen molar-refractivity contribution in [2.24, 2.45) is 5.73 Å². The zero-order chi connectivity index (χ0) is 21.7. The van der Waals surface area contributed by atoms with Crippen molar-refractivity contribution in [2.45, 2.75) is 25.7 Å². The molecule has 0 spiro atoms. The molecular formula is C25H20ClN3O2. The topological polar surface area (TPSA) is 78.0 Å². The van der Waals surface area contributed by atoms with Gasteiger partial charge in [0.15, 0.2) is 0 Å². The average Bonchev–Trinajstić information content (AvgIpc) is 3.59. The first kappa shape index (κ1) is 19.5. The molecule has 0 saturated heterocycles. The third-order valence-corrected chi connectivity index (χ3v) is 6.18. The van der Waals surface area contributed by atoms with Crippen molar-refractivity contribution in [1.29, 1.82) is 0 Å². The molecular weight excluding hydrogens is 410 g/mol. The lowest BCUT2D eigenvalue weighted by atomic mass is 9.91. The van der Waals surface area contributed by atoms with E-state index in [-0.39, 0.29) is 11.6 Å². The van der Waals surface area contributed by atoms with Gasteiger partial charge in [-0.05, 0) is 72.7 Å². The van der Waals surface area contributed by atoms with E-state index in [1.165, 1.54) is 0 Å². The highest BCUT2D eigenvalue weighted by atomic mass is 35.5. The summed E-state index contributed by atoms with van der Waals surface area (Å²) in [6, 6.07) is 17.0. The van der Waals surface area contributed by atoms with E-state index in [0.717, 1.165) is 51.7 Å². The Morgan fingerprint density at radius 2 is 1.90 bits per heavy atom. The maximum atomic E-state index is 12.6. The molecule has 0 bridgehead atoms. The molecule has 3 aromatic carbocycles. The van der Waals surface area contributed by atoms with Gasteiger partial charge in [-0.15, -0.1) is 0 Å². The Hall–Kier alpha value is -3.44. The van der Waals surface area contributed by atoms with E-state index in [4.69, 9.17) is 17.3 Å². The van der Waals surface area contributed by atoms with E-state index < -0.39 is 5.91 Å². The number of amides is 1. The molecule has 1 amide bonds. The van der Waals surface area contributed by atoms with E-state index in [1.54, 1.807) is 22.9 Å². The number of carbonyl (C=O) groups is 1. The van der Waals surface area contributed by atoms with Gasteiger partial charge in [0.25, 0.3) is 0 Å². The third-order valence-electron chi connectivity index (χ3n) is 5.86. The lowest BCUT2D eigenvalue weighted by Gasteiger charge is -2.17. The van der Waals surface area contributed by atoms with Crippen molar-refractivity contribution in [3.05, 3.63) is 93.0 Å². The zero-order valence-corrected chi connectivity index (χ0v) is 17.7. The number of nitrogens with two attached hydrogens (primary N) is 1. The van der Waals surface area contributed by atoms with Gasteiger partial charge in [0.05, 0.1) is 11.2 Å². The summed E-state index contributed by atoms with van der Waals surface area (Å²) in [6.45, 7) is 1.96. The van der Waals surface area contributed by atoms with Crippen LogP contribution in [0.3, 0.4) is 0 Å². The van der Waals surface area contributed by atoms with E-state index in [2.05, 4.69) is 4.98 Å². The smallest absolute Gasteiger partial charge is 0.352 e. The number of primary amides is 1. The van der Waals surface area contributed by atoms with Crippen LogP contribution >= 0.6 is 11.6 Å². The van der Waals surface area contributed by atoms with Crippen molar-refractivity contribution >= 4 is 28.4 Å². The molecule has 1 saturated carbocycles. The summed E-state index contributed by atoms with van der Waals surface area (Å²) >= 11 is 6.61. The number of aromatic nitrogens is 2. The number of benzene rings is 3. The molecule has 1 heterocycles. The Bertz CT molecular complexity index is 1420. The van der Waals surface area contributed by atoms with Crippen LogP contribution in [0.4, 0.5) is 0 Å². The number of aryl methyl sites for hydroxylation is 1. The van der Waals surface area contributed by atoms with Gasteiger partial charge in [0.1, 0.15) is 0 Å². The van der Waals surface area contributed by atoms with Crippen molar-refractivity contribution < 1.29 is 4.79 Å². The number of nitrogens with zero attached hydrogens (tertiary/aromatic N) is 2. The zero-order valence-electron chi connectivity index (χ0n) is 16.9. The van der Waals surface area contributed by atoms with Crippen LogP contribution in [0.15, 0.2) is 65.6 Å². The summed E-state index contributed by atoms with van der Waals surface area (Å²) in [6.07, 6.45) is 3.60. The number of hydrogen-bond donors (Lipinski definition) is 1. The number of fused-ring (bicyclic) bond motifs is 1. The predicted molar refractivity (Wildman–Crippen MR) is 123 cm³/mol. The maximum Gasteiger partial charge on any atom is 0.352 e. The Labute approximate surface area is 184 Å². The summed E-state index contributed by atoms with van der Waals surface area (Å²) in [5.41, 5.74) is 11.0. The number of halogens is 1. The molecule has 31 heavy (non-hydrogen) atoms. The summed E-state index contributed by atoms with van der Waals surface area (Å²) < 4.78 is 1.62. The van der Waals surface area contributed by atoms with Gasteiger partial charge in [0, 0.05) is 27.7 Å². The molecule has 1 aromatic heterocycles. The maximum absolute atomic E-state index is 12.6. The molecule has 6 heteroatoms. The van der Waals surface area contributed by atoms with Gasteiger partial charge >= 0.3 is 5.69 Å². The van der Waals surface area contributed by atoms with Gasteiger partial charge in [-0.1, -0.05) is 35.9 Å². The molecule has 1 fully saturated rings. The monoisotopic (exact) mass is 429 g/mol. The van der Waals surface area contributed by atoms with E-state index in [9.17, 15) is 9.59 Å². The normalized spacial score (nSPS) is 13.5. The van der Waals surface area contributed by atoms with E-state index in [0.29, 0.717) is 10.6 Å². The van der Waals surface area contributed by atoms with E-state index in [1.807, 2.05) is 49.4 Å². The van der Waals surface area contributed by atoms with Gasteiger partial charge in [-0.3, -0.25) is 9.36 Å². The summed E-state index contributed by atoms with van der Waals surface area (Å²) in [7, 11) is 0. The van der Waals surface area contributed by atoms with Crippen LogP contribution in [0.5, 0.6) is 0 Å². The van der Waals surface area contributed by atoms with Gasteiger partial charge in [0.2, 0.25) is 5.91 Å². The molecule has 0 aliphatic heterocycles. The first-order valence-electron chi connectivity index (χ1n) is 10.2. The van der Waals surface area contributed by atoms with Crippen LogP contribution in [0, 0.1) is 6.92 Å². The molecule has 5 rings (SSSR count). The molecule has 4 aromatic rings. The predicted octanol–water partition coefficient (Wildman–Crippen LogP) is 4.99. The second-order valence-electron chi connectivity index (χ2n) is 7.96. The molecule has 154 valence electrons. The summed E-state index contributed by atoms with van der Waals surface area (Å²) in [4.78, 5) is 28.8. The van der Waals surface area contributed by atoms with Gasteiger partial charge in [-0.2, -0.15) is 0 Å². The number of rotatable bonds is 4. The lowest BCUT2D eigenvalue weighted by Crippen LogP contribution is -2.21. The molecule has 2 N–H and O–H groups in total. The Morgan fingerprint density at radius 3 is 2.61 bits per heavy atom. The molecule has 0 unspecified atom stereocenters. The fourth-order valence-electron chi connectivity index (χ4n) is 4.25. The minimum atomic E-state index is -0.448. The minimum Gasteiger partial charge on any atom is -0.366 e.